The lowest BCUT2D eigenvalue weighted by atomic mass is 10.0. The van der Waals surface area contributed by atoms with Crippen LogP contribution >= 0.6 is 15.9 Å². The van der Waals surface area contributed by atoms with Crippen molar-refractivity contribution in [3.8, 4) is 6.07 Å². The normalized spacial score (nSPS) is 11.3. The second-order valence-electron chi connectivity index (χ2n) is 4.29. The molecule has 4 heteroatoms. The summed E-state index contributed by atoms with van der Waals surface area (Å²) in [5, 5.41) is 8.98. The molecule has 1 aromatic rings. The van der Waals surface area contributed by atoms with Gasteiger partial charge in [-0.2, -0.15) is 5.26 Å². The molecule has 0 aliphatic heterocycles. The highest BCUT2D eigenvalue weighted by Gasteiger charge is 2.24. The monoisotopic (exact) mass is 315 g/mol. The Morgan fingerprint density at radius 1 is 1.33 bits per heavy atom. The number of alkyl halides is 2. The first-order valence-corrected chi connectivity index (χ1v) is 6.85. The molecule has 0 unspecified atom stereocenters. The highest BCUT2D eigenvalue weighted by Crippen LogP contribution is 2.27. The van der Waals surface area contributed by atoms with Crippen molar-refractivity contribution in [2.75, 3.05) is 0 Å². The van der Waals surface area contributed by atoms with Crippen LogP contribution in [0.1, 0.15) is 43.7 Å². The van der Waals surface area contributed by atoms with Gasteiger partial charge in [0.2, 0.25) is 5.92 Å². The smallest absolute Gasteiger partial charge is 0.207 e. The Morgan fingerprint density at radius 2 is 2.06 bits per heavy atom. The molecule has 0 spiro atoms. The van der Waals surface area contributed by atoms with Gasteiger partial charge in [0.15, 0.2) is 0 Å². The van der Waals surface area contributed by atoms with Crippen LogP contribution in [0.15, 0.2) is 22.7 Å². The summed E-state index contributed by atoms with van der Waals surface area (Å²) in [5.74, 6) is -2.55. The second kappa shape index (κ2) is 6.84. The van der Waals surface area contributed by atoms with E-state index in [9.17, 15) is 8.78 Å². The molecule has 0 saturated carbocycles. The Balaban J connectivity index is 2.53. The number of unbranched alkanes of at least 4 members (excludes halogenated alkanes) is 1. The van der Waals surface area contributed by atoms with Crippen LogP contribution in [0.5, 0.6) is 0 Å². The molecular weight excluding hydrogens is 300 g/mol. The zero-order valence-electron chi connectivity index (χ0n) is 10.3. The third kappa shape index (κ3) is 4.38. The molecule has 0 heterocycles. The zero-order chi connectivity index (χ0) is 13.6. The van der Waals surface area contributed by atoms with Crippen molar-refractivity contribution in [1.29, 1.82) is 5.26 Å². The van der Waals surface area contributed by atoms with Gasteiger partial charge in [0, 0.05) is 17.3 Å². The highest BCUT2D eigenvalue weighted by molar-refractivity contribution is 9.10. The fourth-order valence-corrected chi connectivity index (χ4v) is 2.34. The maximum absolute atomic E-state index is 13.0. The van der Waals surface area contributed by atoms with Gasteiger partial charge in [0.1, 0.15) is 0 Å². The van der Waals surface area contributed by atoms with E-state index < -0.39 is 5.92 Å². The number of benzene rings is 1. The van der Waals surface area contributed by atoms with E-state index in [0.29, 0.717) is 24.8 Å². The molecule has 1 rings (SSSR count). The number of hydrogen-bond donors (Lipinski definition) is 0. The minimum absolute atomic E-state index is 0.0736. The Kier molecular flexibility index (Phi) is 5.74. The molecule has 0 fully saturated rings. The Labute approximate surface area is 115 Å². The van der Waals surface area contributed by atoms with Crippen molar-refractivity contribution in [3.05, 3.63) is 33.8 Å². The molecule has 0 saturated heterocycles. The fraction of sp³-hybridized carbons (Fsp3) is 0.500. The van der Waals surface area contributed by atoms with Crippen LogP contribution in [-0.2, 0) is 6.42 Å². The van der Waals surface area contributed by atoms with E-state index in [1.54, 1.807) is 12.1 Å². The maximum Gasteiger partial charge on any atom is 0.247 e. The zero-order valence-corrected chi connectivity index (χ0v) is 11.9. The Morgan fingerprint density at radius 3 is 2.67 bits per heavy atom. The lowest BCUT2D eigenvalue weighted by molar-refractivity contribution is -0.0135. The summed E-state index contributed by atoms with van der Waals surface area (Å²) in [6.07, 6.45) is 1.63. The summed E-state index contributed by atoms with van der Waals surface area (Å²) in [5.41, 5.74) is 1.53. The summed E-state index contributed by atoms with van der Waals surface area (Å²) in [4.78, 5) is 0. The van der Waals surface area contributed by atoms with Crippen molar-refractivity contribution in [2.24, 2.45) is 0 Å². The third-order valence-electron chi connectivity index (χ3n) is 2.98. The van der Waals surface area contributed by atoms with E-state index in [4.69, 9.17) is 5.26 Å². The number of halogens is 3. The Bertz CT molecular complexity index is 438. The van der Waals surface area contributed by atoms with Crippen LogP contribution in [0.3, 0.4) is 0 Å². The first-order chi connectivity index (χ1) is 8.50. The first-order valence-electron chi connectivity index (χ1n) is 6.05. The number of hydrogen-bond acceptors (Lipinski definition) is 1. The van der Waals surface area contributed by atoms with E-state index in [2.05, 4.69) is 22.0 Å². The van der Waals surface area contributed by atoms with Crippen molar-refractivity contribution in [1.82, 2.24) is 0 Å². The molecule has 18 heavy (non-hydrogen) atoms. The number of nitriles is 1. The van der Waals surface area contributed by atoms with E-state index in [-0.39, 0.29) is 12.8 Å². The van der Waals surface area contributed by atoms with Gasteiger partial charge in [0.25, 0.3) is 0 Å². The molecule has 1 nitrogen and oxygen atoms in total. The lowest BCUT2D eigenvalue weighted by Crippen LogP contribution is -2.13. The van der Waals surface area contributed by atoms with Gasteiger partial charge in [-0.05, 0) is 37.0 Å². The largest absolute Gasteiger partial charge is 0.247 e. The molecule has 0 amide bonds. The topological polar surface area (TPSA) is 23.8 Å². The molecule has 0 bridgehead atoms. The van der Waals surface area contributed by atoms with Gasteiger partial charge in [-0.25, -0.2) is 8.78 Å². The molecule has 98 valence electrons. The quantitative estimate of drug-likeness (QED) is 0.672. The summed E-state index contributed by atoms with van der Waals surface area (Å²) < 4.78 is 27.0. The lowest BCUT2D eigenvalue weighted by Gasteiger charge is -2.13. The van der Waals surface area contributed by atoms with Gasteiger partial charge in [0.05, 0.1) is 11.6 Å². The van der Waals surface area contributed by atoms with Crippen LogP contribution in [0, 0.1) is 11.3 Å². The van der Waals surface area contributed by atoms with Crippen LogP contribution in [0.4, 0.5) is 8.78 Å². The SMILES string of the molecule is CCC(F)(F)CCCCc1c(Br)cccc1C#N. The van der Waals surface area contributed by atoms with Gasteiger partial charge in [-0.3, -0.25) is 0 Å². The summed E-state index contributed by atoms with van der Waals surface area (Å²) in [6, 6.07) is 7.55. The average molecular weight is 316 g/mol. The molecule has 0 radical (unpaired) electrons. The van der Waals surface area contributed by atoms with Gasteiger partial charge >= 0.3 is 0 Å². The standard InChI is InChI=1S/C14H16BrF2N/c1-2-14(16,17)9-4-3-7-12-11(10-18)6-5-8-13(12)15/h5-6,8H,2-4,7,9H2,1H3. The molecule has 0 atom stereocenters. The number of rotatable bonds is 6. The summed E-state index contributed by atoms with van der Waals surface area (Å²) in [7, 11) is 0. The van der Waals surface area contributed by atoms with Crippen molar-refractivity contribution >= 4 is 15.9 Å². The van der Waals surface area contributed by atoms with Crippen molar-refractivity contribution < 1.29 is 8.78 Å². The van der Waals surface area contributed by atoms with Crippen LogP contribution in [-0.4, -0.2) is 5.92 Å². The number of nitrogens with zero attached hydrogens (tertiary/aromatic N) is 1. The Hall–Kier alpha value is -0.950. The summed E-state index contributed by atoms with van der Waals surface area (Å²) >= 11 is 3.39. The van der Waals surface area contributed by atoms with E-state index in [0.717, 1.165) is 10.0 Å². The minimum atomic E-state index is -2.55. The van der Waals surface area contributed by atoms with Gasteiger partial charge in [-0.15, -0.1) is 0 Å². The van der Waals surface area contributed by atoms with E-state index in [1.165, 1.54) is 6.92 Å². The molecule has 0 N–H and O–H groups in total. The van der Waals surface area contributed by atoms with Crippen LogP contribution in [0.25, 0.3) is 0 Å². The fourth-order valence-electron chi connectivity index (χ4n) is 1.78. The van der Waals surface area contributed by atoms with Crippen molar-refractivity contribution in [3.63, 3.8) is 0 Å². The predicted octanol–water partition coefficient (Wildman–Crippen LogP) is 5.08. The van der Waals surface area contributed by atoms with Crippen molar-refractivity contribution in [2.45, 2.75) is 45.0 Å². The predicted molar refractivity (Wildman–Crippen MR) is 71.7 cm³/mol. The second-order valence-corrected chi connectivity index (χ2v) is 5.15. The maximum atomic E-state index is 13.0. The summed E-state index contributed by atoms with van der Waals surface area (Å²) in [6.45, 7) is 1.50. The molecule has 1 aromatic carbocycles. The van der Waals surface area contributed by atoms with Gasteiger partial charge in [-0.1, -0.05) is 28.9 Å². The molecular formula is C14H16BrF2N. The van der Waals surface area contributed by atoms with Gasteiger partial charge < -0.3 is 0 Å². The van der Waals surface area contributed by atoms with E-state index in [1.807, 2.05) is 6.07 Å². The highest BCUT2D eigenvalue weighted by atomic mass is 79.9. The first kappa shape index (κ1) is 15.1. The van der Waals surface area contributed by atoms with E-state index >= 15 is 0 Å². The molecule has 0 aliphatic rings. The molecule has 0 aromatic heterocycles. The molecule has 0 aliphatic carbocycles. The average Bonchev–Trinajstić information content (AvgIpc) is 2.36. The van der Waals surface area contributed by atoms with Crippen LogP contribution < -0.4 is 0 Å². The minimum Gasteiger partial charge on any atom is -0.207 e. The third-order valence-corrected chi connectivity index (χ3v) is 3.72. The van der Waals surface area contributed by atoms with Crippen LogP contribution in [0.2, 0.25) is 0 Å².